The number of nitrogens with two attached hydrogens (primary N) is 1. The van der Waals surface area contributed by atoms with E-state index in [0.29, 0.717) is 13.2 Å². The predicted octanol–water partition coefficient (Wildman–Crippen LogP) is 1.28. The fraction of sp³-hybridized carbons (Fsp3) is 0.375. The summed E-state index contributed by atoms with van der Waals surface area (Å²) in [5.74, 6) is 1.59. The summed E-state index contributed by atoms with van der Waals surface area (Å²) in [6.07, 6.45) is 0.956. The van der Waals surface area contributed by atoms with Gasteiger partial charge in [-0.25, -0.2) is 4.68 Å². The van der Waals surface area contributed by atoms with Gasteiger partial charge in [-0.1, -0.05) is 18.2 Å². The summed E-state index contributed by atoms with van der Waals surface area (Å²) in [5.41, 5.74) is 5.80. The van der Waals surface area contributed by atoms with E-state index in [1.807, 2.05) is 30.3 Å². The maximum atomic E-state index is 11.9. The van der Waals surface area contributed by atoms with E-state index in [-0.39, 0.29) is 24.0 Å². The molecular weight excluding hydrogens is 316 g/mol. The molecule has 7 heteroatoms. The number of benzene rings is 1. The van der Waals surface area contributed by atoms with Crippen LogP contribution in [0.5, 0.6) is 5.75 Å². The summed E-state index contributed by atoms with van der Waals surface area (Å²) in [6, 6.07) is 13.0. The van der Waals surface area contributed by atoms with Crippen LogP contribution in [0.15, 0.2) is 47.3 Å². The molecule has 6 nitrogen and oxygen atoms in total. The van der Waals surface area contributed by atoms with E-state index >= 15 is 0 Å². The van der Waals surface area contributed by atoms with E-state index in [9.17, 15) is 4.79 Å². The number of hydrogen-bond donors (Lipinski definition) is 1. The van der Waals surface area contributed by atoms with Crippen molar-refractivity contribution in [1.29, 1.82) is 0 Å². The fourth-order valence-electron chi connectivity index (χ4n) is 2.53. The van der Waals surface area contributed by atoms with Gasteiger partial charge >= 0.3 is 0 Å². The molecule has 1 aromatic heterocycles. The number of nitrogens with zero attached hydrogens (tertiary/aromatic N) is 3. The quantitative estimate of drug-likeness (QED) is 0.890. The zero-order valence-electron chi connectivity index (χ0n) is 12.8. The van der Waals surface area contributed by atoms with Gasteiger partial charge in [-0.05, 0) is 24.6 Å². The summed E-state index contributed by atoms with van der Waals surface area (Å²) in [6.45, 7) is 2.49. The average Bonchev–Trinajstić information content (AvgIpc) is 2.97. The Morgan fingerprint density at radius 3 is 2.70 bits per heavy atom. The molecule has 0 aliphatic carbocycles. The summed E-state index contributed by atoms with van der Waals surface area (Å²) in [7, 11) is 0. The van der Waals surface area contributed by atoms with Gasteiger partial charge in [-0.2, -0.15) is 5.10 Å². The van der Waals surface area contributed by atoms with Gasteiger partial charge in [0.05, 0.1) is 6.54 Å². The molecule has 3 rings (SSSR count). The summed E-state index contributed by atoms with van der Waals surface area (Å²) in [4.78, 5) is 14.0. The Hall–Kier alpha value is -2.05. The summed E-state index contributed by atoms with van der Waals surface area (Å²) < 4.78 is 7.06. The molecule has 2 aromatic rings. The van der Waals surface area contributed by atoms with Gasteiger partial charge in [-0.3, -0.25) is 4.79 Å². The molecule has 2 N–H and O–H groups in total. The maximum absolute atomic E-state index is 11.9. The van der Waals surface area contributed by atoms with Crippen LogP contribution < -0.4 is 20.9 Å². The number of halogens is 1. The maximum Gasteiger partial charge on any atom is 0.266 e. The molecule has 124 valence electrons. The van der Waals surface area contributed by atoms with Crippen molar-refractivity contribution in [3.63, 3.8) is 0 Å². The van der Waals surface area contributed by atoms with Crippen LogP contribution in [0.25, 0.3) is 0 Å². The lowest BCUT2D eigenvalue weighted by Crippen LogP contribution is -2.31. The lowest BCUT2D eigenvalue weighted by atomic mass is 10.3. The van der Waals surface area contributed by atoms with Crippen LogP contribution in [0.3, 0.4) is 0 Å². The van der Waals surface area contributed by atoms with Gasteiger partial charge in [0.15, 0.2) is 0 Å². The van der Waals surface area contributed by atoms with Crippen LogP contribution in [-0.2, 0) is 6.54 Å². The number of ether oxygens (including phenoxy) is 1. The minimum atomic E-state index is -0.121. The molecule has 0 spiro atoms. The van der Waals surface area contributed by atoms with E-state index in [1.54, 1.807) is 12.1 Å². The molecule has 1 fully saturated rings. The van der Waals surface area contributed by atoms with Crippen LogP contribution in [0.2, 0.25) is 0 Å². The van der Waals surface area contributed by atoms with E-state index in [0.717, 1.165) is 31.1 Å². The van der Waals surface area contributed by atoms with Crippen molar-refractivity contribution in [2.75, 3.05) is 24.6 Å². The number of anilines is 1. The molecule has 1 atom stereocenters. The zero-order valence-corrected chi connectivity index (χ0v) is 13.6. The first-order valence-corrected chi connectivity index (χ1v) is 7.49. The second-order valence-electron chi connectivity index (χ2n) is 5.41. The van der Waals surface area contributed by atoms with E-state index in [4.69, 9.17) is 10.5 Å². The monoisotopic (exact) mass is 336 g/mol. The summed E-state index contributed by atoms with van der Waals surface area (Å²) >= 11 is 0. The molecule has 0 amide bonds. The first-order valence-electron chi connectivity index (χ1n) is 7.49. The van der Waals surface area contributed by atoms with Crippen molar-refractivity contribution < 1.29 is 4.74 Å². The van der Waals surface area contributed by atoms with Crippen molar-refractivity contribution in [2.24, 2.45) is 5.73 Å². The highest BCUT2D eigenvalue weighted by atomic mass is 35.5. The highest BCUT2D eigenvalue weighted by Gasteiger charge is 2.20. The Labute approximate surface area is 141 Å². The number of aromatic nitrogens is 2. The Morgan fingerprint density at radius 2 is 2.00 bits per heavy atom. The molecule has 1 aliphatic rings. The third-order valence-electron chi connectivity index (χ3n) is 3.72. The summed E-state index contributed by atoms with van der Waals surface area (Å²) in [5, 5.41) is 4.41. The van der Waals surface area contributed by atoms with E-state index in [1.165, 1.54) is 4.68 Å². The Morgan fingerprint density at radius 1 is 1.22 bits per heavy atom. The fourth-order valence-corrected chi connectivity index (χ4v) is 2.53. The van der Waals surface area contributed by atoms with E-state index < -0.39 is 0 Å². The van der Waals surface area contributed by atoms with Crippen LogP contribution in [0, 0.1) is 0 Å². The number of hydrogen-bond acceptors (Lipinski definition) is 5. The first-order chi connectivity index (χ1) is 10.7. The topological polar surface area (TPSA) is 73.4 Å². The van der Waals surface area contributed by atoms with Crippen LogP contribution in [0.1, 0.15) is 6.42 Å². The van der Waals surface area contributed by atoms with Gasteiger partial charge < -0.3 is 15.4 Å². The SMILES string of the molecule is Cl.NC1CCN(c2ccc(=O)n(CCOc3ccccc3)n2)C1. The van der Waals surface area contributed by atoms with Gasteiger partial charge in [0.25, 0.3) is 5.56 Å². The lowest BCUT2D eigenvalue weighted by Gasteiger charge is -2.17. The van der Waals surface area contributed by atoms with Crippen molar-refractivity contribution in [3.8, 4) is 5.75 Å². The molecule has 2 heterocycles. The molecule has 1 aromatic carbocycles. The predicted molar refractivity (Wildman–Crippen MR) is 92.5 cm³/mol. The molecule has 1 unspecified atom stereocenters. The van der Waals surface area contributed by atoms with Crippen LogP contribution in [-0.4, -0.2) is 35.5 Å². The van der Waals surface area contributed by atoms with Crippen molar-refractivity contribution in [3.05, 3.63) is 52.8 Å². The van der Waals surface area contributed by atoms with Gasteiger partial charge in [0.1, 0.15) is 18.2 Å². The molecule has 0 saturated carbocycles. The highest BCUT2D eigenvalue weighted by molar-refractivity contribution is 5.85. The Kier molecular flexibility index (Phi) is 6.01. The number of rotatable bonds is 5. The molecule has 0 bridgehead atoms. The second-order valence-corrected chi connectivity index (χ2v) is 5.41. The smallest absolute Gasteiger partial charge is 0.266 e. The molecule has 23 heavy (non-hydrogen) atoms. The second kappa shape index (κ2) is 7.99. The Balaban J connectivity index is 0.00000192. The highest BCUT2D eigenvalue weighted by Crippen LogP contribution is 2.15. The minimum Gasteiger partial charge on any atom is -0.492 e. The number of para-hydroxylation sites is 1. The molecular formula is C16H21ClN4O2. The molecule has 1 saturated heterocycles. The average molecular weight is 337 g/mol. The van der Waals surface area contributed by atoms with Crippen LogP contribution in [0.4, 0.5) is 5.82 Å². The van der Waals surface area contributed by atoms with Crippen molar-refractivity contribution in [1.82, 2.24) is 9.78 Å². The third-order valence-corrected chi connectivity index (χ3v) is 3.72. The Bertz CT molecular complexity index is 677. The third kappa shape index (κ3) is 4.46. The van der Waals surface area contributed by atoms with Crippen molar-refractivity contribution >= 4 is 18.2 Å². The van der Waals surface area contributed by atoms with Crippen LogP contribution >= 0.6 is 12.4 Å². The normalized spacial score (nSPS) is 16.9. The van der Waals surface area contributed by atoms with E-state index in [2.05, 4.69) is 10.00 Å². The zero-order chi connectivity index (χ0) is 15.4. The first kappa shape index (κ1) is 17.3. The molecule has 1 aliphatic heterocycles. The van der Waals surface area contributed by atoms with Crippen molar-refractivity contribution in [2.45, 2.75) is 19.0 Å². The van der Waals surface area contributed by atoms with Gasteiger partial charge in [0.2, 0.25) is 0 Å². The van der Waals surface area contributed by atoms with Gasteiger partial charge in [0, 0.05) is 25.2 Å². The largest absolute Gasteiger partial charge is 0.492 e. The lowest BCUT2D eigenvalue weighted by molar-refractivity contribution is 0.288. The standard InChI is InChI=1S/C16H20N4O2.ClH/c17-13-8-9-19(12-13)15-6-7-16(21)20(18-15)10-11-22-14-4-2-1-3-5-14;/h1-7,13H,8-12,17H2;1H. The molecule has 0 radical (unpaired) electrons. The minimum absolute atomic E-state index is 0. The van der Waals surface area contributed by atoms with Gasteiger partial charge in [-0.15, -0.1) is 12.4 Å².